The van der Waals surface area contributed by atoms with Crippen molar-refractivity contribution < 1.29 is 4.74 Å². The van der Waals surface area contributed by atoms with Gasteiger partial charge in [-0.3, -0.25) is 0 Å². The van der Waals surface area contributed by atoms with E-state index in [0.29, 0.717) is 17.7 Å². The molecule has 1 rings (SSSR count). The Labute approximate surface area is 106 Å². The average molecular weight is 257 g/mol. The summed E-state index contributed by atoms with van der Waals surface area (Å²) >= 11 is 1.73. The lowest BCUT2D eigenvalue weighted by molar-refractivity contribution is 0.0799. The molecule has 1 heterocycles. The first kappa shape index (κ1) is 14.0. The van der Waals surface area contributed by atoms with Gasteiger partial charge in [0, 0.05) is 6.61 Å². The van der Waals surface area contributed by atoms with Gasteiger partial charge in [0.1, 0.15) is 5.82 Å². The molecular weight excluding hydrogens is 238 g/mol. The second kappa shape index (κ2) is 7.29. The first-order valence-electron chi connectivity index (χ1n) is 5.53. The van der Waals surface area contributed by atoms with Gasteiger partial charge in [0.05, 0.1) is 11.9 Å². The molecule has 6 nitrogen and oxygen atoms in total. The minimum Gasteiger partial charge on any atom is -0.379 e. The number of thioether (sulfide) groups is 1. The summed E-state index contributed by atoms with van der Waals surface area (Å²) in [5.74, 6) is 2.67. The van der Waals surface area contributed by atoms with E-state index in [-0.39, 0.29) is 11.9 Å². The Bertz CT molecular complexity index is 327. The second-order valence-corrected chi connectivity index (χ2v) is 4.90. The summed E-state index contributed by atoms with van der Waals surface area (Å²) in [5, 5.41) is 0. The lowest BCUT2D eigenvalue weighted by atomic mass is 10.4. The van der Waals surface area contributed by atoms with Crippen molar-refractivity contribution in [3.05, 3.63) is 5.82 Å². The van der Waals surface area contributed by atoms with Crippen LogP contribution < -0.4 is 11.5 Å². The van der Waals surface area contributed by atoms with Gasteiger partial charge in [-0.15, -0.1) is 0 Å². The minimum absolute atomic E-state index is 0.177. The molecule has 0 atom stereocenters. The van der Waals surface area contributed by atoms with E-state index in [1.807, 2.05) is 13.8 Å². The maximum Gasteiger partial charge on any atom is 0.225 e. The van der Waals surface area contributed by atoms with Crippen molar-refractivity contribution in [2.75, 3.05) is 23.8 Å². The highest BCUT2D eigenvalue weighted by Crippen LogP contribution is 2.11. The fourth-order valence-electron chi connectivity index (χ4n) is 1.16. The van der Waals surface area contributed by atoms with Crippen molar-refractivity contribution in [2.45, 2.75) is 32.1 Å². The van der Waals surface area contributed by atoms with Gasteiger partial charge in [-0.05, 0) is 26.0 Å². The largest absolute Gasteiger partial charge is 0.379 e. The molecule has 96 valence electrons. The summed E-state index contributed by atoms with van der Waals surface area (Å²) in [7, 11) is 0. The number of hydrogen-bond acceptors (Lipinski definition) is 7. The molecule has 4 N–H and O–H groups in total. The fourth-order valence-corrected chi connectivity index (χ4v) is 1.94. The van der Waals surface area contributed by atoms with Crippen LogP contribution in [0.2, 0.25) is 0 Å². The van der Waals surface area contributed by atoms with Crippen LogP contribution in [0.25, 0.3) is 0 Å². The predicted molar refractivity (Wildman–Crippen MR) is 70.5 cm³/mol. The number of ether oxygens (including phenoxy) is 1. The lowest BCUT2D eigenvalue weighted by Gasteiger charge is -2.06. The van der Waals surface area contributed by atoms with Crippen molar-refractivity contribution in [1.82, 2.24) is 15.0 Å². The first-order chi connectivity index (χ1) is 8.08. The number of nitrogen functional groups attached to an aromatic ring is 2. The van der Waals surface area contributed by atoms with E-state index in [2.05, 4.69) is 15.0 Å². The molecule has 0 aliphatic carbocycles. The average Bonchev–Trinajstić information content (AvgIpc) is 2.21. The van der Waals surface area contributed by atoms with E-state index in [1.165, 1.54) is 0 Å². The Morgan fingerprint density at radius 1 is 1.18 bits per heavy atom. The van der Waals surface area contributed by atoms with Gasteiger partial charge in [-0.1, -0.05) is 0 Å². The topological polar surface area (TPSA) is 99.9 Å². The Morgan fingerprint density at radius 2 is 1.82 bits per heavy atom. The summed E-state index contributed by atoms with van der Waals surface area (Å²) in [6.45, 7) is 4.85. The highest BCUT2D eigenvalue weighted by molar-refractivity contribution is 7.98. The summed E-state index contributed by atoms with van der Waals surface area (Å²) < 4.78 is 5.44. The van der Waals surface area contributed by atoms with Gasteiger partial charge in [0.25, 0.3) is 0 Å². The van der Waals surface area contributed by atoms with Crippen LogP contribution in [-0.2, 0) is 10.5 Å². The summed E-state index contributed by atoms with van der Waals surface area (Å²) in [6.07, 6.45) is 1.31. The normalized spacial score (nSPS) is 11.0. The maximum absolute atomic E-state index is 5.47. The lowest BCUT2D eigenvalue weighted by Crippen LogP contribution is -2.06. The van der Waals surface area contributed by atoms with Crippen molar-refractivity contribution in [3.8, 4) is 0 Å². The Morgan fingerprint density at radius 3 is 2.41 bits per heavy atom. The van der Waals surface area contributed by atoms with Gasteiger partial charge in [-0.2, -0.15) is 26.7 Å². The van der Waals surface area contributed by atoms with E-state index in [4.69, 9.17) is 16.2 Å². The third-order valence-corrected chi connectivity index (χ3v) is 2.87. The highest BCUT2D eigenvalue weighted by Gasteiger charge is 2.02. The van der Waals surface area contributed by atoms with E-state index >= 15 is 0 Å². The number of rotatable bonds is 7. The maximum atomic E-state index is 5.47. The standard InChI is InChI=1S/C10H19N5OS/c1-7(2)16-4-3-5-17-6-8-13-9(11)15-10(12)14-8/h7H,3-6H2,1-2H3,(H4,11,12,13,14,15). The highest BCUT2D eigenvalue weighted by atomic mass is 32.2. The molecular formula is C10H19N5OS. The molecule has 1 aromatic heterocycles. The molecule has 1 aromatic rings. The van der Waals surface area contributed by atoms with Gasteiger partial charge in [0.2, 0.25) is 11.9 Å². The molecule has 0 saturated heterocycles. The van der Waals surface area contributed by atoms with E-state index in [0.717, 1.165) is 18.8 Å². The van der Waals surface area contributed by atoms with E-state index in [9.17, 15) is 0 Å². The summed E-state index contributed by atoms with van der Waals surface area (Å²) in [6, 6.07) is 0. The van der Waals surface area contributed by atoms with Gasteiger partial charge < -0.3 is 16.2 Å². The molecule has 0 radical (unpaired) electrons. The van der Waals surface area contributed by atoms with Crippen molar-refractivity contribution >= 4 is 23.7 Å². The van der Waals surface area contributed by atoms with Crippen LogP contribution in [0, 0.1) is 0 Å². The molecule has 0 aromatic carbocycles. The molecule has 0 saturated carbocycles. The molecule has 0 unspecified atom stereocenters. The number of aromatic nitrogens is 3. The number of hydrogen-bond donors (Lipinski definition) is 2. The van der Waals surface area contributed by atoms with Crippen LogP contribution in [0.4, 0.5) is 11.9 Å². The first-order valence-corrected chi connectivity index (χ1v) is 6.68. The predicted octanol–water partition coefficient (Wildman–Crippen LogP) is 1.08. The van der Waals surface area contributed by atoms with Crippen LogP contribution in [0.3, 0.4) is 0 Å². The van der Waals surface area contributed by atoms with Crippen LogP contribution in [0.5, 0.6) is 0 Å². The summed E-state index contributed by atoms with van der Waals surface area (Å²) in [4.78, 5) is 11.7. The monoisotopic (exact) mass is 257 g/mol. The zero-order chi connectivity index (χ0) is 12.7. The molecule has 7 heteroatoms. The Kier molecular flexibility index (Phi) is 5.99. The second-order valence-electron chi connectivity index (χ2n) is 3.79. The molecule has 0 bridgehead atoms. The van der Waals surface area contributed by atoms with Crippen LogP contribution >= 0.6 is 11.8 Å². The van der Waals surface area contributed by atoms with Gasteiger partial charge in [-0.25, -0.2) is 0 Å². The van der Waals surface area contributed by atoms with E-state index in [1.54, 1.807) is 11.8 Å². The molecule has 0 fully saturated rings. The van der Waals surface area contributed by atoms with Crippen LogP contribution in [0.1, 0.15) is 26.1 Å². The molecule has 0 spiro atoms. The van der Waals surface area contributed by atoms with Gasteiger partial charge in [0.15, 0.2) is 0 Å². The van der Waals surface area contributed by atoms with Crippen molar-refractivity contribution in [1.29, 1.82) is 0 Å². The zero-order valence-corrected chi connectivity index (χ0v) is 11.0. The van der Waals surface area contributed by atoms with Crippen LogP contribution in [-0.4, -0.2) is 33.4 Å². The van der Waals surface area contributed by atoms with Crippen LogP contribution in [0.15, 0.2) is 0 Å². The fraction of sp³-hybridized carbons (Fsp3) is 0.700. The smallest absolute Gasteiger partial charge is 0.225 e. The Hall–Kier alpha value is -1.08. The minimum atomic E-state index is 0.177. The third-order valence-electron chi connectivity index (χ3n) is 1.83. The molecule has 0 aliphatic heterocycles. The quantitative estimate of drug-likeness (QED) is 0.705. The third kappa shape index (κ3) is 6.28. The molecule has 17 heavy (non-hydrogen) atoms. The number of nitrogens with two attached hydrogens (primary N) is 2. The number of nitrogens with zero attached hydrogens (tertiary/aromatic N) is 3. The van der Waals surface area contributed by atoms with E-state index < -0.39 is 0 Å². The summed E-state index contributed by atoms with van der Waals surface area (Å²) in [5.41, 5.74) is 10.9. The molecule has 0 amide bonds. The van der Waals surface area contributed by atoms with Crippen molar-refractivity contribution in [3.63, 3.8) is 0 Å². The van der Waals surface area contributed by atoms with Crippen molar-refractivity contribution in [2.24, 2.45) is 0 Å². The number of anilines is 2. The SMILES string of the molecule is CC(C)OCCCSCc1nc(N)nc(N)n1. The molecule has 0 aliphatic rings. The zero-order valence-electron chi connectivity index (χ0n) is 10.2. The van der Waals surface area contributed by atoms with Gasteiger partial charge >= 0.3 is 0 Å². The Balaban J connectivity index is 2.18.